The Hall–Kier alpha value is -7.32. The highest BCUT2D eigenvalue weighted by Gasteiger charge is 2.33. The summed E-state index contributed by atoms with van der Waals surface area (Å²) < 4.78 is 15.4. The number of aliphatic carboxylic acids is 4. The standard InChI is InChI=1S/2C20H25N3O4.2C4H6O5.H2O/c2*1-11-7-12(21)9-22(8-11)16-6-5-14-17(19(16)27-2)23(13-3-4-13)10-15(18(14)24)20(25)26;2*5-2(4(8)9)1-3(6)7;/h2*5-6,10-13H,3-4,7-9,21H2,1-2H3,(H,25,26);2*2,5H,1H2,(H,6,7)(H,8,9);1H2/t2*11-,12+;;;/m11.../s1. The molecular weight excluding hydrogens is 965 g/mol. The van der Waals surface area contributed by atoms with Crippen LogP contribution in [0.3, 0.4) is 0 Å². The van der Waals surface area contributed by atoms with E-state index in [1.54, 1.807) is 26.4 Å². The summed E-state index contributed by atoms with van der Waals surface area (Å²) in [6.07, 6.45) is 3.71. The third-order valence-electron chi connectivity index (χ3n) is 12.4. The number of anilines is 2. The zero-order valence-corrected chi connectivity index (χ0v) is 40.7. The van der Waals surface area contributed by atoms with Crippen molar-refractivity contribution in [3.05, 3.63) is 68.2 Å². The molecule has 2 aromatic heterocycles. The molecule has 4 aromatic rings. The number of aliphatic hydroxyl groups is 2. The number of carbonyl (C=O) groups is 6. The largest absolute Gasteiger partial charge is 0.492 e. The van der Waals surface area contributed by atoms with Gasteiger partial charge < -0.3 is 86.2 Å². The molecule has 2 aliphatic carbocycles. The van der Waals surface area contributed by atoms with Crippen LogP contribution < -0.4 is 41.6 Å². The van der Waals surface area contributed by atoms with Gasteiger partial charge in [-0.25, -0.2) is 19.2 Å². The number of carboxylic acids is 6. The van der Waals surface area contributed by atoms with Crippen LogP contribution in [0.15, 0.2) is 46.2 Å². The number of hydrogen-bond donors (Lipinski definition) is 10. The minimum absolute atomic E-state index is 0. The molecule has 73 heavy (non-hydrogen) atoms. The van der Waals surface area contributed by atoms with E-state index in [4.69, 9.17) is 51.6 Å². The molecule has 2 saturated heterocycles. The smallest absolute Gasteiger partial charge is 0.341 e. The monoisotopic (exact) mass is 1030 g/mol. The van der Waals surface area contributed by atoms with Crippen LogP contribution in [0, 0.1) is 11.8 Å². The fourth-order valence-corrected chi connectivity index (χ4v) is 9.00. The van der Waals surface area contributed by atoms with E-state index < -0.39 is 71.7 Å². The first kappa shape index (κ1) is 58.3. The molecule has 2 aromatic carbocycles. The molecule has 0 bridgehead atoms. The fourth-order valence-electron chi connectivity index (χ4n) is 9.00. The average Bonchev–Trinajstić information content (AvgIpc) is 4.24. The molecule has 400 valence electrons. The van der Waals surface area contributed by atoms with Gasteiger partial charge in [-0.15, -0.1) is 0 Å². The quantitative estimate of drug-likeness (QED) is 0.0853. The number of carboxylic acid groups (broad SMARTS) is 6. The zero-order valence-electron chi connectivity index (χ0n) is 40.7. The van der Waals surface area contributed by atoms with E-state index in [-0.39, 0.29) is 40.8 Å². The highest BCUT2D eigenvalue weighted by Crippen LogP contribution is 2.44. The molecule has 2 aliphatic heterocycles. The topological polar surface area (TPSA) is 417 Å². The summed E-state index contributed by atoms with van der Waals surface area (Å²) in [7, 11) is 3.19. The van der Waals surface area contributed by atoms with Crippen molar-refractivity contribution in [2.45, 2.75) is 102 Å². The molecule has 4 aliphatic rings. The summed E-state index contributed by atoms with van der Waals surface area (Å²) >= 11 is 0. The van der Waals surface area contributed by atoms with E-state index in [1.807, 2.05) is 21.3 Å². The van der Waals surface area contributed by atoms with Crippen LogP contribution >= 0.6 is 0 Å². The summed E-state index contributed by atoms with van der Waals surface area (Å²) in [6.45, 7) is 7.56. The van der Waals surface area contributed by atoms with Crippen molar-refractivity contribution in [1.29, 1.82) is 0 Å². The summed E-state index contributed by atoms with van der Waals surface area (Å²) in [5.41, 5.74) is 14.3. The number of fused-ring (bicyclic) bond motifs is 2. The number of nitrogens with zero attached hydrogens (tertiary/aromatic N) is 4. The first-order chi connectivity index (χ1) is 33.9. The molecule has 25 nitrogen and oxygen atoms in total. The lowest BCUT2D eigenvalue weighted by molar-refractivity contribution is -0.153. The molecule has 4 fully saturated rings. The summed E-state index contributed by atoms with van der Waals surface area (Å²) in [6, 6.07) is 7.77. The Balaban J connectivity index is 0.000000236. The number of benzene rings is 2. The number of pyridine rings is 2. The van der Waals surface area contributed by atoms with Crippen molar-refractivity contribution in [2.75, 3.05) is 50.2 Å². The maximum Gasteiger partial charge on any atom is 0.341 e. The summed E-state index contributed by atoms with van der Waals surface area (Å²) in [5.74, 6) is -5.91. The number of aromatic nitrogens is 2. The molecule has 6 atom stereocenters. The number of aliphatic hydroxyl groups excluding tert-OH is 2. The highest BCUT2D eigenvalue weighted by molar-refractivity contribution is 5.98. The predicted octanol–water partition coefficient (Wildman–Crippen LogP) is 1.42. The van der Waals surface area contributed by atoms with Crippen molar-refractivity contribution in [3.63, 3.8) is 0 Å². The van der Waals surface area contributed by atoms with E-state index in [1.165, 1.54) is 12.4 Å². The number of hydrogen-bond acceptors (Lipinski definition) is 16. The third kappa shape index (κ3) is 14.4. The van der Waals surface area contributed by atoms with Gasteiger partial charge in [0, 0.05) is 62.7 Å². The van der Waals surface area contributed by atoms with Gasteiger partial charge in [0.15, 0.2) is 23.7 Å². The number of piperidine rings is 2. The molecule has 14 N–H and O–H groups in total. The predicted molar refractivity (Wildman–Crippen MR) is 263 cm³/mol. The van der Waals surface area contributed by atoms with Gasteiger partial charge in [0.25, 0.3) is 0 Å². The van der Waals surface area contributed by atoms with E-state index in [9.17, 15) is 48.6 Å². The lowest BCUT2D eigenvalue weighted by atomic mass is 9.95. The van der Waals surface area contributed by atoms with Crippen LogP contribution in [0.4, 0.5) is 11.4 Å². The van der Waals surface area contributed by atoms with Crippen LogP contribution in [0.5, 0.6) is 11.5 Å². The average molecular weight is 1030 g/mol. The molecule has 8 rings (SSSR count). The van der Waals surface area contributed by atoms with Crippen molar-refractivity contribution >= 4 is 69.0 Å². The van der Waals surface area contributed by atoms with Crippen molar-refractivity contribution in [3.8, 4) is 11.5 Å². The molecular formula is C48H64N6O19. The number of ether oxygens (including phenoxy) is 2. The minimum atomic E-state index is -1.79. The van der Waals surface area contributed by atoms with Crippen LogP contribution in [0.1, 0.15) is 98.0 Å². The summed E-state index contributed by atoms with van der Waals surface area (Å²) in [5, 5.41) is 67.9. The highest BCUT2D eigenvalue weighted by atomic mass is 16.5. The number of rotatable bonds is 14. The second-order valence-electron chi connectivity index (χ2n) is 18.6. The van der Waals surface area contributed by atoms with Gasteiger partial charge >= 0.3 is 35.8 Å². The Morgan fingerprint density at radius 1 is 0.589 bits per heavy atom. The molecule has 2 saturated carbocycles. The number of methoxy groups -OCH3 is 2. The Kier molecular flexibility index (Phi) is 19.9. The summed E-state index contributed by atoms with van der Waals surface area (Å²) in [4.78, 5) is 91.8. The minimum Gasteiger partial charge on any atom is -0.492 e. The normalized spacial score (nSPS) is 20.0. The zero-order chi connectivity index (χ0) is 53.5. The van der Waals surface area contributed by atoms with Crippen LogP contribution in [0.2, 0.25) is 0 Å². The molecule has 0 spiro atoms. The van der Waals surface area contributed by atoms with Crippen molar-refractivity contribution in [1.82, 2.24) is 9.13 Å². The van der Waals surface area contributed by atoms with Crippen LogP contribution in [-0.4, -0.2) is 156 Å². The fraction of sp³-hybridized carbons (Fsp3) is 0.500. The number of aromatic carboxylic acids is 2. The lowest BCUT2D eigenvalue weighted by Gasteiger charge is -2.37. The second kappa shape index (κ2) is 24.9. The van der Waals surface area contributed by atoms with Gasteiger partial charge in [0.2, 0.25) is 10.9 Å². The van der Waals surface area contributed by atoms with Gasteiger partial charge in [0.05, 0.1) is 60.2 Å². The Morgan fingerprint density at radius 2 is 0.918 bits per heavy atom. The van der Waals surface area contributed by atoms with E-state index in [0.717, 1.165) is 76.1 Å². The van der Waals surface area contributed by atoms with Crippen molar-refractivity contribution < 1.29 is 84.6 Å². The Morgan fingerprint density at radius 3 is 1.15 bits per heavy atom. The molecule has 25 heteroatoms. The van der Waals surface area contributed by atoms with Gasteiger partial charge in [-0.1, -0.05) is 13.8 Å². The van der Waals surface area contributed by atoms with Gasteiger partial charge in [0.1, 0.15) is 11.1 Å². The van der Waals surface area contributed by atoms with Gasteiger partial charge in [-0.3, -0.25) is 19.2 Å². The maximum absolute atomic E-state index is 12.7. The van der Waals surface area contributed by atoms with Gasteiger partial charge in [-0.05, 0) is 74.6 Å². The molecule has 4 heterocycles. The Bertz CT molecular complexity index is 2610. The van der Waals surface area contributed by atoms with Crippen LogP contribution in [0.25, 0.3) is 21.8 Å². The van der Waals surface area contributed by atoms with E-state index in [2.05, 4.69) is 23.6 Å². The van der Waals surface area contributed by atoms with E-state index in [0.29, 0.717) is 45.1 Å². The molecule has 0 radical (unpaired) electrons. The first-order valence-corrected chi connectivity index (χ1v) is 23.1. The van der Waals surface area contributed by atoms with Gasteiger partial charge in [-0.2, -0.15) is 0 Å². The molecule has 2 unspecified atom stereocenters. The van der Waals surface area contributed by atoms with Crippen LogP contribution in [-0.2, 0) is 19.2 Å². The lowest BCUT2D eigenvalue weighted by Crippen LogP contribution is -2.46. The maximum atomic E-state index is 12.7. The first-order valence-electron chi connectivity index (χ1n) is 23.1. The molecule has 0 amide bonds. The SMILES string of the molecule is COc1c(N2C[C@H](C)C[C@H](N)C2)ccc2c(=O)c(C(=O)O)cn(C3CC3)c12.COc1c(N2C[C@H](C)C[C@H](N)C2)ccc2c(=O)c(C(=O)O)cn(C3CC3)c12.O.O=C(O)CC(O)C(=O)O.O=C(O)CC(O)C(=O)O. The third-order valence-corrected chi connectivity index (χ3v) is 12.4. The number of nitrogens with two attached hydrogens (primary N) is 2. The second-order valence-corrected chi connectivity index (χ2v) is 18.6. The van der Waals surface area contributed by atoms with E-state index >= 15 is 0 Å². The van der Waals surface area contributed by atoms with Crippen molar-refractivity contribution in [2.24, 2.45) is 23.3 Å². The Labute approximate surface area is 416 Å².